The third-order valence-corrected chi connectivity index (χ3v) is 2.69. The van der Waals surface area contributed by atoms with Crippen molar-refractivity contribution in [1.29, 1.82) is 0 Å². The fraction of sp³-hybridized carbons (Fsp3) is 0.818. The number of aliphatic hydroxyl groups excluding tert-OH is 1. The molecule has 0 aliphatic heterocycles. The van der Waals surface area contributed by atoms with Gasteiger partial charge in [0.25, 0.3) is 0 Å². The fourth-order valence-corrected chi connectivity index (χ4v) is 1.89. The maximum Gasteiger partial charge on any atom is 0.0641 e. The zero-order valence-electron chi connectivity index (χ0n) is 8.05. The van der Waals surface area contributed by atoms with Crippen molar-refractivity contribution in [3.63, 3.8) is 0 Å². The first-order chi connectivity index (χ1) is 5.86. The molecule has 70 valence electrons. The van der Waals surface area contributed by atoms with E-state index in [9.17, 15) is 0 Å². The molecule has 0 saturated heterocycles. The highest BCUT2D eigenvalue weighted by Crippen LogP contribution is 2.27. The summed E-state index contributed by atoms with van der Waals surface area (Å²) in [6, 6.07) is 0. The average molecular weight is 168 g/mol. The van der Waals surface area contributed by atoms with Gasteiger partial charge in [0.2, 0.25) is 0 Å². The molecule has 1 atom stereocenters. The van der Waals surface area contributed by atoms with Gasteiger partial charge in [0.1, 0.15) is 0 Å². The number of rotatable bonds is 5. The topological polar surface area (TPSA) is 20.2 Å². The molecule has 0 spiro atoms. The molecule has 1 aliphatic rings. The van der Waals surface area contributed by atoms with E-state index in [1.54, 1.807) is 0 Å². The lowest BCUT2D eigenvalue weighted by Crippen LogP contribution is -1.90. The van der Waals surface area contributed by atoms with Crippen molar-refractivity contribution in [2.45, 2.75) is 45.4 Å². The third-order valence-electron chi connectivity index (χ3n) is 2.69. The van der Waals surface area contributed by atoms with Gasteiger partial charge < -0.3 is 5.11 Å². The lowest BCUT2D eigenvalue weighted by atomic mass is 10.0. The summed E-state index contributed by atoms with van der Waals surface area (Å²) in [5.41, 5.74) is 1.26. The molecule has 0 radical (unpaired) electrons. The zero-order valence-corrected chi connectivity index (χ0v) is 8.05. The molecule has 0 fully saturated rings. The van der Waals surface area contributed by atoms with Crippen LogP contribution >= 0.6 is 0 Å². The van der Waals surface area contributed by atoms with Crippen molar-refractivity contribution in [2.75, 3.05) is 6.61 Å². The van der Waals surface area contributed by atoms with Crippen molar-refractivity contribution in [3.8, 4) is 0 Å². The molecular formula is C11H20O. The molecule has 0 aromatic heterocycles. The lowest BCUT2D eigenvalue weighted by Gasteiger charge is -2.04. The maximum absolute atomic E-state index is 8.89. The van der Waals surface area contributed by atoms with Gasteiger partial charge in [0.15, 0.2) is 0 Å². The average Bonchev–Trinajstić information content (AvgIpc) is 2.53. The number of aliphatic hydroxyl groups is 1. The van der Waals surface area contributed by atoms with Crippen LogP contribution in [0.25, 0.3) is 0 Å². The van der Waals surface area contributed by atoms with Crippen LogP contribution in [-0.4, -0.2) is 11.7 Å². The smallest absolute Gasteiger partial charge is 0.0641 e. The van der Waals surface area contributed by atoms with Gasteiger partial charge in [-0.05, 0) is 30.8 Å². The van der Waals surface area contributed by atoms with E-state index in [4.69, 9.17) is 5.11 Å². The summed E-state index contributed by atoms with van der Waals surface area (Å²) in [4.78, 5) is 0. The molecule has 1 aliphatic carbocycles. The van der Waals surface area contributed by atoms with Crippen LogP contribution < -0.4 is 0 Å². The number of unbranched alkanes of at least 4 members (excludes halogenated alkanes) is 2. The Kier molecular flexibility index (Phi) is 4.37. The number of allylic oxidation sites excluding steroid dienone is 1. The Morgan fingerprint density at radius 2 is 2.33 bits per heavy atom. The summed E-state index contributed by atoms with van der Waals surface area (Å²) in [6.07, 6.45) is 10.1. The van der Waals surface area contributed by atoms with Gasteiger partial charge in [-0.2, -0.15) is 0 Å². The monoisotopic (exact) mass is 168 g/mol. The number of hydrogen-bond acceptors (Lipinski definition) is 1. The maximum atomic E-state index is 8.89. The van der Waals surface area contributed by atoms with Gasteiger partial charge in [-0.3, -0.25) is 0 Å². The first kappa shape index (κ1) is 9.79. The summed E-state index contributed by atoms with van der Waals surface area (Å²) >= 11 is 0. The standard InChI is InChI=1S/C11H20O/c1-2-3-4-5-10-6-7-11(8-10)9-12/h8,10,12H,2-7,9H2,1H3. The quantitative estimate of drug-likeness (QED) is 0.494. The molecule has 0 aromatic rings. The van der Waals surface area contributed by atoms with Gasteiger partial charge in [0.05, 0.1) is 6.61 Å². The van der Waals surface area contributed by atoms with Gasteiger partial charge >= 0.3 is 0 Å². The Balaban J connectivity index is 2.14. The predicted octanol–water partition coefficient (Wildman–Crippen LogP) is 2.90. The molecule has 1 unspecified atom stereocenters. The molecule has 1 N–H and O–H groups in total. The number of hydrogen-bond donors (Lipinski definition) is 1. The zero-order chi connectivity index (χ0) is 8.81. The fourth-order valence-electron chi connectivity index (χ4n) is 1.89. The summed E-state index contributed by atoms with van der Waals surface area (Å²) in [5, 5.41) is 8.89. The second-order valence-electron chi connectivity index (χ2n) is 3.78. The van der Waals surface area contributed by atoms with Crippen molar-refractivity contribution < 1.29 is 5.11 Å². The molecule has 1 rings (SSSR count). The van der Waals surface area contributed by atoms with E-state index in [0.717, 1.165) is 12.3 Å². The minimum absolute atomic E-state index is 0.282. The SMILES string of the molecule is CCCCCC1C=C(CO)CC1. The minimum atomic E-state index is 0.282. The Hall–Kier alpha value is -0.300. The molecule has 0 amide bonds. The molecule has 12 heavy (non-hydrogen) atoms. The van der Waals surface area contributed by atoms with E-state index in [0.29, 0.717) is 0 Å². The Labute approximate surface area is 75.5 Å². The first-order valence-electron chi connectivity index (χ1n) is 5.17. The van der Waals surface area contributed by atoms with E-state index in [-0.39, 0.29) is 6.61 Å². The molecule has 1 nitrogen and oxygen atoms in total. The second-order valence-corrected chi connectivity index (χ2v) is 3.78. The van der Waals surface area contributed by atoms with Crippen LogP contribution in [0.15, 0.2) is 11.6 Å². The van der Waals surface area contributed by atoms with Crippen LogP contribution in [0.1, 0.15) is 45.4 Å². The van der Waals surface area contributed by atoms with Crippen LogP contribution in [0.3, 0.4) is 0 Å². The molecular weight excluding hydrogens is 148 g/mol. The molecule has 1 heteroatoms. The molecule has 0 heterocycles. The van der Waals surface area contributed by atoms with Gasteiger partial charge in [-0.1, -0.05) is 32.3 Å². The van der Waals surface area contributed by atoms with E-state index >= 15 is 0 Å². The highest BCUT2D eigenvalue weighted by atomic mass is 16.3. The van der Waals surface area contributed by atoms with Crippen LogP contribution in [0.5, 0.6) is 0 Å². The summed E-state index contributed by atoms with van der Waals surface area (Å²) < 4.78 is 0. The van der Waals surface area contributed by atoms with Crippen molar-refractivity contribution >= 4 is 0 Å². The molecule has 0 bridgehead atoms. The Morgan fingerprint density at radius 1 is 1.50 bits per heavy atom. The minimum Gasteiger partial charge on any atom is -0.392 e. The summed E-state index contributed by atoms with van der Waals surface area (Å²) in [5.74, 6) is 0.777. The van der Waals surface area contributed by atoms with Gasteiger partial charge in [0, 0.05) is 0 Å². The van der Waals surface area contributed by atoms with Crippen LogP contribution in [-0.2, 0) is 0 Å². The largest absolute Gasteiger partial charge is 0.392 e. The van der Waals surface area contributed by atoms with Crippen molar-refractivity contribution in [2.24, 2.45) is 5.92 Å². The van der Waals surface area contributed by atoms with Gasteiger partial charge in [-0.15, -0.1) is 0 Å². The summed E-state index contributed by atoms with van der Waals surface area (Å²) in [6.45, 7) is 2.52. The highest BCUT2D eigenvalue weighted by molar-refractivity contribution is 5.10. The van der Waals surface area contributed by atoms with E-state index in [1.807, 2.05) is 0 Å². The molecule has 0 aromatic carbocycles. The summed E-state index contributed by atoms with van der Waals surface area (Å²) in [7, 11) is 0. The normalized spacial score (nSPS) is 22.8. The molecule has 0 saturated carbocycles. The lowest BCUT2D eigenvalue weighted by molar-refractivity contribution is 0.328. The van der Waals surface area contributed by atoms with Crippen molar-refractivity contribution in [1.82, 2.24) is 0 Å². The van der Waals surface area contributed by atoms with Crippen molar-refractivity contribution in [3.05, 3.63) is 11.6 Å². The first-order valence-corrected chi connectivity index (χ1v) is 5.17. The predicted molar refractivity (Wildman–Crippen MR) is 52.0 cm³/mol. The van der Waals surface area contributed by atoms with E-state index in [2.05, 4.69) is 13.0 Å². The highest BCUT2D eigenvalue weighted by Gasteiger charge is 2.13. The van der Waals surface area contributed by atoms with Gasteiger partial charge in [-0.25, -0.2) is 0 Å². The van der Waals surface area contributed by atoms with Crippen LogP contribution in [0, 0.1) is 5.92 Å². The Morgan fingerprint density at radius 3 is 2.92 bits per heavy atom. The van der Waals surface area contributed by atoms with E-state index < -0.39 is 0 Å². The Bertz CT molecular complexity index is 149. The third kappa shape index (κ3) is 2.98. The van der Waals surface area contributed by atoms with Crippen LogP contribution in [0.4, 0.5) is 0 Å². The second kappa shape index (κ2) is 5.36. The van der Waals surface area contributed by atoms with Crippen LogP contribution in [0.2, 0.25) is 0 Å². The van der Waals surface area contributed by atoms with E-state index in [1.165, 1.54) is 37.7 Å².